The Kier molecular flexibility index (Phi) is 4.41. The number of oxime groups is 1. The maximum Gasteiger partial charge on any atom is 0.0640 e. The van der Waals surface area contributed by atoms with E-state index in [1.54, 1.807) is 0 Å². The van der Waals surface area contributed by atoms with Crippen molar-refractivity contribution in [3.63, 3.8) is 0 Å². The molecule has 0 aromatic carbocycles. The normalized spacial score (nSPS) is 61.8. The highest BCUT2D eigenvalue weighted by atomic mass is 16.5. The molecule has 0 amide bonds. The zero-order chi connectivity index (χ0) is 21.8. The summed E-state index contributed by atoms with van der Waals surface area (Å²) in [5.41, 5.74) is 2.90. The number of hydrogen-bond acceptors (Lipinski definition) is 3. The first-order valence-electron chi connectivity index (χ1n) is 13.5. The van der Waals surface area contributed by atoms with Crippen molar-refractivity contribution in [1.29, 1.82) is 0 Å². The highest BCUT2D eigenvalue weighted by Gasteiger charge is 2.71. The van der Waals surface area contributed by atoms with Gasteiger partial charge in [0.15, 0.2) is 0 Å². The van der Waals surface area contributed by atoms with Gasteiger partial charge in [-0.1, -0.05) is 39.8 Å². The van der Waals surface area contributed by atoms with Gasteiger partial charge in [-0.25, -0.2) is 0 Å². The molecular weight excluding hydrogens is 382 g/mol. The molecule has 11 atom stereocenters. The van der Waals surface area contributed by atoms with Crippen molar-refractivity contribution in [1.82, 2.24) is 0 Å². The van der Waals surface area contributed by atoms with E-state index in [1.807, 2.05) is 0 Å². The van der Waals surface area contributed by atoms with Gasteiger partial charge in [-0.05, 0) is 115 Å². The molecule has 0 spiro atoms. The molecule has 31 heavy (non-hydrogen) atoms. The van der Waals surface area contributed by atoms with E-state index in [4.69, 9.17) is 4.74 Å². The summed E-state index contributed by atoms with van der Waals surface area (Å²) in [6.07, 6.45) is 13.9. The van der Waals surface area contributed by atoms with Crippen LogP contribution in [0.3, 0.4) is 0 Å². The quantitative estimate of drug-likeness (QED) is 0.336. The summed E-state index contributed by atoms with van der Waals surface area (Å²) in [7, 11) is 0. The average Bonchev–Trinajstić information content (AvgIpc) is 3.06. The summed E-state index contributed by atoms with van der Waals surface area (Å²) in [6.45, 7) is 13.9. The first-order chi connectivity index (χ1) is 14.7. The minimum absolute atomic E-state index is 0.409. The Morgan fingerprint density at radius 3 is 2.29 bits per heavy atom. The molecule has 174 valence electrons. The minimum atomic E-state index is 0.409. The lowest BCUT2D eigenvalue weighted by Gasteiger charge is -2.71. The van der Waals surface area contributed by atoms with E-state index in [0.29, 0.717) is 39.6 Å². The molecule has 2 bridgehead atoms. The molecule has 3 heteroatoms. The van der Waals surface area contributed by atoms with Gasteiger partial charge in [-0.15, -0.1) is 0 Å². The molecule has 6 aliphatic rings. The molecule has 5 aliphatic carbocycles. The highest BCUT2D eigenvalue weighted by Crippen LogP contribution is 2.76. The lowest BCUT2D eigenvalue weighted by Crippen LogP contribution is -2.65. The highest BCUT2D eigenvalue weighted by molar-refractivity contribution is 5.87. The maximum atomic E-state index is 9.57. The van der Waals surface area contributed by atoms with Gasteiger partial charge in [-0.2, -0.15) is 0 Å². The molecule has 6 rings (SSSR count). The van der Waals surface area contributed by atoms with Crippen molar-refractivity contribution in [2.75, 3.05) is 6.61 Å². The first kappa shape index (κ1) is 21.0. The predicted octanol–water partition coefficient (Wildman–Crippen LogP) is 6.93. The van der Waals surface area contributed by atoms with Crippen molar-refractivity contribution in [3.05, 3.63) is 0 Å². The molecule has 0 aromatic rings. The molecule has 1 saturated heterocycles. The molecule has 3 nitrogen and oxygen atoms in total. The largest absolute Gasteiger partial charge is 0.411 e. The van der Waals surface area contributed by atoms with Gasteiger partial charge in [0.1, 0.15) is 0 Å². The number of nitrogens with zero attached hydrogens (tertiary/aromatic N) is 1. The first-order valence-corrected chi connectivity index (χ1v) is 13.5. The lowest BCUT2D eigenvalue weighted by atomic mass is 9.33. The third-order valence-corrected chi connectivity index (χ3v) is 13.0. The van der Waals surface area contributed by atoms with Crippen LogP contribution in [0.5, 0.6) is 0 Å². The SMILES string of the molecule is C[C@H]1CC[C@@]23CC[C@H]4[C@]5(C)CC[C@H]6[C@@H](C)/C(=N\O)CC[C@]6(C)[C@H]5CC[C@]4(C)[C@@H]2[C@H]1OC3. The van der Waals surface area contributed by atoms with Crippen LogP contribution in [0.2, 0.25) is 0 Å². The minimum Gasteiger partial charge on any atom is -0.411 e. The van der Waals surface area contributed by atoms with Gasteiger partial charge < -0.3 is 9.94 Å². The molecule has 0 radical (unpaired) electrons. The zero-order valence-electron chi connectivity index (χ0n) is 20.6. The van der Waals surface area contributed by atoms with Gasteiger partial charge in [0, 0.05) is 5.92 Å². The fourth-order valence-corrected chi connectivity index (χ4v) is 11.7. The smallest absolute Gasteiger partial charge is 0.0640 e. The van der Waals surface area contributed by atoms with Crippen molar-refractivity contribution in [2.24, 2.45) is 62.3 Å². The number of ether oxygens (including phenoxy) is 1. The second-order valence-corrected chi connectivity index (χ2v) is 13.9. The van der Waals surface area contributed by atoms with Gasteiger partial charge in [0.2, 0.25) is 0 Å². The molecular formula is C28H45NO2. The molecule has 1 aliphatic heterocycles. The van der Waals surface area contributed by atoms with Crippen LogP contribution in [-0.2, 0) is 4.74 Å². The maximum absolute atomic E-state index is 9.57. The third-order valence-electron chi connectivity index (χ3n) is 13.0. The van der Waals surface area contributed by atoms with Crippen molar-refractivity contribution >= 4 is 5.71 Å². The summed E-state index contributed by atoms with van der Waals surface area (Å²) in [6, 6.07) is 0. The summed E-state index contributed by atoms with van der Waals surface area (Å²) in [5, 5.41) is 13.3. The topological polar surface area (TPSA) is 41.8 Å². The third kappa shape index (κ3) is 2.43. The van der Waals surface area contributed by atoms with E-state index in [0.717, 1.165) is 42.4 Å². The average molecular weight is 428 g/mol. The van der Waals surface area contributed by atoms with E-state index in [2.05, 4.69) is 39.8 Å². The van der Waals surface area contributed by atoms with Gasteiger partial charge in [0.25, 0.3) is 0 Å². The van der Waals surface area contributed by atoms with Crippen LogP contribution in [0, 0.1) is 57.2 Å². The fourth-order valence-electron chi connectivity index (χ4n) is 11.7. The van der Waals surface area contributed by atoms with Crippen LogP contribution in [0.1, 0.15) is 98.8 Å². The standard InChI is InChI=1S/C28H45NO2/c1-17-6-14-28-15-10-22-26(4)11-7-19-18(2)20(29-30)8-12-25(19,3)21(26)9-13-27(22,5)24(28)23(17)31-16-28/h17-19,21-24,30H,6-16H2,1-5H3/b29-20-/t17-,18+,19-,21+,22-,23-,24-,25-,26+,27-,28-/m0/s1. The number of fused-ring (bicyclic) bond motifs is 5. The van der Waals surface area contributed by atoms with Crippen molar-refractivity contribution in [3.8, 4) is 0 Å². The molecule has 1 heterocycles. The van der Waals surface area contributed by atoms with Crippen LogP contribution < -0.4 is 0 Å². The summed E-state index contributed by atoms with van der Waals surface area (Å²) >= 11 is 0. The second-order valence-electron chi connectivity index (χ2n) is 13.9. The predicted molar refractivity (Wildman–Crippen MR) is 124 cm³/mol. The Labute approximate surface area is 189 Å². The van der Waals surface area contributed by atoms with Crippen LogP contribution in [0.25, 0.3) is 0 Å². The van der Waals surface area contributed by atoms with E-state index in [1.165, 1.54) is 57.8 Å². The van der Waals surface area contributed by atoms with E-state index < -0.39 is 0 Å². The second kappa shape index (κ2) is 6.51. The number of hydrogen-bond donors (Lipinski definition) is 1. The fraction of sp³-hybridized carbons (Fsp3) is 0.964. The Balaban J connectivity index is 1.37. The molecule has 5 saturated carbocycles. The van der Waals surface area contributed by atoms with Crippen LogP contribution in [0.15, 0.2) is 5.16 Å². The number of rotatable bonds is 0. The monoisotopic (exact) mass is 427 g/mol. The Bertz CT molecular complexity index is 794. The van der Waals surface area contributed by atoms with E-state index in [-0.39, 0.29) is 0 Å². The van der Waals surface area contributed by atoms with Gasteiger partial charge in [-0.3, -0.25) is 0 Å². The van der Waals surface area contributed by atoms with E-state index >= 15 is 0 Å². The van der Waals surface area contributed by atoms with Crippen LogP contribution >= 0.6 is 0 Å². The molecule has 0 unspecified atom stereocenters. The van der Waals surface area contributed by atoms with Crippen molar-refractivity contribution in [2.45, 2.75) is 105 Å². The van der Waals surface area contributed by atoms with E-state index in [9.17, 15) is 5.21 Å². The summed E-state index contributed by atoms with van der Waals surface area (Å²) < 4.78 is 6.62. The molecule has 0 aromatic heterocycles. The van der Waals surface area contributed by atoms with Crippen molar-refractivity contribution < 1.29 is 9.94 Å². The lowest BCUT2D eigenvalue weighted by molar-refractivity contribution is -0.218. The van der Waals surface area contributed by atoms with Gasteiger partial charge >= 0.3 is 0 Å². The van der Waals surface area contributed by atoms with Gasteiger partial charge in [0.05, 0.1) is 18.4 Å². The summed E-state index contributed by atoms with van der Waals surface area (Å²) in [4.78, 5) is 0. The zero-order valence-corrected chi connectivity index (χ0v) is 20.6. The van der Waals surface area contributed by atoms with Crippen LogP contribution in [0.4, 0.5) is 0 Å². The Hall–Kier alpha value is -0.570. The Morgan fingerprint density at radius 1 is 0.839 bits per heavy atom. The molecule has 1 N–H and O–H groups in total. The Morgan fingerprint density at radius 2 is 1.52 bits per heavy atom. The van der Waals surface area contributed by atoms with Crippen LogP contribution in [-0.4, -0.2) is 23.6 Å². The summed E-state index contributed by atoms with van der Waals surface area (Å²) in [5.74, 6) is 4.36. The molecule has 6 fully saturated rings.